The molecule has 0 spiro atoms. The first kappa shape index (κ1) is 12.6. The van der Waals surface area contributed by atoms with Crippen LogP contribution in [0, 0.1) is 5.41 Å². The molecule has 0 radical (unpaired) electrons. The second-order valence-corrected chi connectivity index (χ2v) is 6.41. The number of hydrogen-bond donors (Lipinski definition) is 0. The highest BCUT2D eigenvalue weighted by atomic mass is 32.1. The summed E-state index contributed by atoms with van der Waals surface area (Å²) in [5, 5.41) is 2.88. The minimum absolute atomic E-state index is 0.0580. The summed E-state index contributed by atoms with van der Waals surface area (Å²) in [6.07, 6.45) is 3.68. The molecule has 17 heavy (non-hydrogen) atoms. The van der Waals surface area contributed by atoms with E-state index >= 15 is 0 Å². The molecule has 1 aliphatic heterocycles. The Kier molecular flexibility index (Phi) is 3.52. The molecule has 0 atom stereocenters. The molecule has 0 aromatic carbocycles. The van der Waals surface area contributed by atoms with Gasteiger partial charge in [-0.3, -0.25) is 4.79 Å². The van der Waals surface area contributed by atoms with Gasteiger partial charge >= 0.3 is 0 Å². The number of thiazole rings is 1. The molecule has 1 saturated heterocycles. The molecule has 0 N–H and O–H groups in total. The van der Waals surface area contributed by atoms with Crippen molar-refractivity contribution >= 4 is 22.3 Å². The molecule has 94 valence electrons. The summed E-state index contributed by atoms with van der Waals surface area (Å²) in [5.74, 6) is 0.0580. The van der Waals surface area contributed by atoms with Crippen LogP contribution in [0.5, 0.6) is 0 Å². The fourth-order valence-corrected chi connectivity index (χ4v) is 3.10. The molecule has 0 bridgehead atoms. The minimum atomic E-state index is 0.0580. The Morgan fingerprint density at radius 3 is 2.82 bits per heavy atom. The van der Waals surface area contributed by atoms with E-state index in [0.29, 0.717) is 11.1 Å². The molecule has 0 saturated carbocycles. The highest BCUT2D eigenvalue weighted by molar-refractivity contribution is 7.13. The lowest BCUT2D eigenvalue weighted by Crippen LogP contribution is -2.24. The van der Waals surface area contributed by atoms with E-state index in [1.54, 1.807) is 18.3 Å². The molecule has 1 aromatic rings. The number of carbonyl (C=O) groups excluding carboxylic acids is 1. The Bertz CT molecular complexity index is 411. The van der Waals surface area contributed by atoms with Gasteiger partial charge in [0.05, 0.1) is 0 Å². The Labute approximate surface area is 107 Å². The molecule has 0 aliphatic carbocycles. The van der Waals surface area contributed by atoms with Crippen LogP contribution in [0.4, 0.5) is 5.13 Å². The van der Waals surface area contributed by atoms with Crippen LogP contribution in [-0.4, -0.2) is 23.9 Å². The zero-order chi connectivity index (χ0) is 12.5. The van der Waals surface area contributed by atoms with Crippen molar-refractivity contribution in [3.63, 3.8) is 0 Å². The van der Waals surface area contributed by atoms with Gasteiger partial charge in [-0.2, -0.15) is 0 Å². The van der Waals surface area contributed by atoms with Gasteiger partial charge in [0.1, 0.15) is 5.69 Å². The summed E-state index contributed by atoms with van der Waals surface area (Å²) in [5.41, 5.74) is 1.04. The van der Waals surface area contributed by atoms with E-state index < -0.39 is 0 Å². The van der Waals surface area contributed by atoms with Crippen LogP contribution in [0.15, 0.2) is 5.38 Å². The van der Waals surface area contributed by atoms with Crippen molar-refractivity contribution in [1.29, 1.82) is 0 Å². The summed E-state index contributed by atoms with van der Waals surface area (Å²) >= 11 is 1.59. The van der Waals surface area contributed by atoms with Crippen molar-refractivity contribution in [2.75, 3.05) is 18.0 Å². The lowest BCUT2D eigenvalue weighted by Gasteiger charge is -2.22. The Morgan fingerprint density at radius 1 is 1.41 bits per heavy atom. The first-order chi connectivity index (χ1) is 7.98. The van der Waals surface area contributed by atoms with Crippen molar-refractivity contribution in [2.45, 2.75) is 40.0 Å². The third kappa shape index (κ3) is 3.06. The zero-order valence-electron chi connectivity index (χ0n) is 10.8. The fraction of sp³-hybridized carbons (Fsp3) is 0.692. The van der Waals surface area contributed by atoms with E-state index in [4.69, 9.17) is 0 Å². The van der Waals surface area contributed by atoms with Gasteiger partial charge in [0.15, 0.2) is 10.9 Å². The van der Waals surface area contributed by atoms with Gasteiger partial charge in [0.25, 0.3) is 0 Å². The van der Waals surface area contributed by atoms with Gasteiger partial charge in [-0.05, 0) is 24.7 Å². The minimum Gasteiger partial charge on any atom is -0.348 e. The predicted molar refractivity (Wildman–Crippen MR) is 72.0 cm³/mol. The maximum atomic E-state index is 11.2. The predicted octanol–water partition coefficient (Wildman–Crippen LogP) is 3.36. The lowest BCUT2D eigenvalue weighted by molar-refractivity contribution is 0.101. The standard InChI is InChI=1S/C13H20N2OS/c1-10(16)11-9-17-12(14-11)15-7-4-5-13(2,3)6-8-15/h9H,4-8H2,1-3H3. The van der Waals surface area contributed by atoms with Gasteiger partial charge in [-0.25, -0.2) is 4.98 Å². The Balaban J connectivity index is 2.09. The summed E-state index contributed by atoms with van der Waals surface area (Å²) in [6, 6.07) is 0. The normalized spacial score (nSPS) is 20.1. The number of Topliss-reactive ketones (excluding diaryl/α,β-unsaturated/α-hetero) is 1. The highest BCUT2D eigenvalue weighted by Gasteiger charge is 2.24. The number of aromatic nitrogens is 1. The molecule has 0 unspecified atom stereocenters. The van der Waals surface area contributed by atoms with Gasteiger partial charge < -0.3 is 4.90 Å². The molecule has 1 aromatic heterocycles. The molecule has 1 aliphatic rings. The van der Waals surface area contributed by atoms with Crippen LogP contribution in [0.2, 0.25) is 0 Å². The van der Waals surface area contributed by atoms with Crippen LogP contribution in [0.25, 0.3) is 0 Å². The summed E-state index contributed by atoms with van der Waals surface area (Å²) < 4.78 is 0. The maximum absolute atomic E-state index is 11.2. The molecule has 2 rings (SSSR count). The average Bonchev–Trinajstić information content (AvgIpc) is 2.65. The van der Waals surface area contributed by atoms with Crippen molar-refractivity contribution in [3.05, 3.63) is 11.1 Å². The quantitative estimate of drug-likeness (QED) is 0.757. The number of ketones is 1. The first-order valence-electron chi connectivity index (χ1n) is 6.19. The van der Waals surface area contributed by atoms with Gasteiger partial charge in [-0.15, -0.1) is 11.3 Å². The van der Waals surface area contributed by atoms with Crippen LogP contribution < -0.4 is 4.90 Å². The van der Waals surface area contributed by atoms with E-state index in [1.807, 2.05) is 5.38 Å². The molecule has 4 heteroatoms. The second-order valence-electron chi connectivity index (χ2n) is 5.58. The van der Waals surface area contributed by atoms with E-state index in [1.165, 1.54) is 19.3 Å². The number of rotatable bonds is 2. The van der Waals surface area contributed by atoms with Crippen LogP contribution in [0.3, 0.4) is 0 Å². The largest absolute Gasteiger partial charge is 0.348 e. The number of anilines is 1. The molecular formula is C13H20N2OS. The highest BCUT2D eigenvalue weighted by Crippen LogP contribution is 2.32. The van der Waals surface area contributed by atoms with E-state index in [2.05, 4.69) is 23.7 Å². The first-order valence-corrected chi connectivity index (χ1v) is 7.07. The summed E-state index contributed by atoms with van der Waals surface area (Å²) in [6.45, 7) is 8.36. The number of nitrogens with zero attached hydrogens (tertiary/aromatic N) is 2. The van der Waals surface area contributed by atoms with E-state index in [0.717, 1.165) is 18.2 Å². The maximum Gasteiger partial charge on any atom is 0.185 e. The Hall–Kier alpha value is -0.900. The number of hydrogen-bond acceptors (Lipinski definition) is 4. The SMILES string of the molecule is CC(=O)c1csc(N2CCCC(C)(C)CC2)n1. The van der Waals surface area contributed by atoms with Gasteiger partial charge in [0, 0.05) is 25.4 Å². The zero-order valence-corrected chi connectivity index (χ0v) is 11.6. The molecular weight excluding hydrogens is 232 g/mol. The fourth-order valence-electron chi connectivity index (χ4n) is 2.19. The Morgan fingerprint density at radius 2 is 2.18 bits per heavy atom. The summed E-state index contributed by atoms with van der Waals surface area (Å²) in [4.78, 5) is 18.0. The second kappa shape index (κ2) is 4.77. The van der Waals surface area contributed by atoms with Crippen molar-refractivity contribution in [3.8, 4) is 0 Å². The van der Waals surface area contributed by atoms with Crippen LogP contribution in [0.1, 0.15) is 50.5 Å². The summed E-state index contributed by atoms with van der Waals surface area (Å²) in [7, 11) is 0. The third-order valence-corrected chi connectivity index (χ3v) is 4.36. The molecule has 0 amide bonds. The monoisotopic (exact) mass is 252 g/mol. The van der Waals surface area contributed by atoms with Crippen molar-refractivity contribution in [1.82, 2.24) is 4.98 Å². The van der Waals surface area contributed by atoms with E-state index in [-0.39, 0.29) is 5.78 Å². The van der Waals surface area contributed by atoms with Crippen molar-refractivity contribution in [2.24, 2.45) is 5.41 Å². The molecule has 3 nitrogen and oxygen atoms in total. The molecule has 2 heterocycles. The van der Waals surface area contributed by atoms with Crippen LogP contribution in [-0.2, 0) is 0 Å². The lowest BCUT2D eigenvalue weighted by atomic mass is 9.85. The smallest absolute Gasteiger partial charge is 0.185 e. The van der Waals surface area contributed by atoms with Gasteiger partial charge in [0.2, 0.25) is 0 Å². The van der Waals surface area contributed by atoms with Crippen molar-refractivity contribution < 1.29 is 4.79 Å². The molecule has 1 fully saturated rings. The topological polar surface area (TPSA) is 33.2 Å². The van der Waals surface area contributed by atoms with E-state index in [9.17, 15) is 4.79 Å². The number of carbonyl (C=O) groups is 1. The third-order valence-electron chi connectivity index (χ3n) is 3.46. The van der Waals surface area contributed by atoms with Gasteiger partial charge in [-0.1, -0.05) is 13.8 Å². The average molecular weight is 252 g/mol. The van der Waals surface area contributed by atoms with Crippen LogP contribution >= 0.6 is 11.3 Å².